The van der Waals surface area contributed by atoms with Crippen molar-refractivity contribution < 1.29 is 15.0 Å². The topological polar surface area (TPSA) is 57.5 Å². The molecule has 0 fully saturated rings. The van der Waals surface area contributed by atoms with Gasteiger partial charge in [-0.15, -0.1) is 0 Å². The zero-order valence-electron chi connectivity index (χ0n) is 5.08. The zero-order chi connectivity index (χ0) is 7.28. The second-order valence-electron chi connectivity index (χ2n) is 1.75. The Morgan fingerprint density at radius 3 is 2.67 bits per heavy atom. The Balaban J connectivity index is 3.37. The number of aliphatic hydroxyl groups is 2. The minimum Gasteiger partial charge on any atom is -0.510 e. The molecule has 1 atom stereocenters. The molecule has 3 nitrogen and oxygen atoms in total. The van der Waals surface area contributed by atoms with Crippen LogP contribution in [0.25, 0.3) is 0 Å². The molecule has 0 aliphatic heterocycles. The van der Waals surface area contributed by atoms with Crippen molar-refractivity contribution in [3.8, 4) is 0 Å². The van der Waals surface area contributed by atoms with Gasteiger partial charge in [-0.25, -0.2) is 0 Å². The Morgan fingerprint density at radius 2 is 2.33 bits per heavy atom. The number of carbonyl (C=O) groups excluding carboxylic acids is 1. The van der Waals surface area contributed by atoms with Crippen LogP contribution < -0.4 is 0 Å². The van der Waals surface area contributed by atoms with Gasteiger partial charge in [0, 0.05) is 6.42 Å². The van der Waals surface area contributed by atoms with Gasteiger partial charge in [0.1, 0.15) is 18.1 Å². The lowest BCUT2D eigenvalue weighted by Gasteiger charge is -2.04. The largest absolute Gasteiger partial charge is 0.510 e. The molecule has 0 spiro atoms. The monoisotopic (exact) mass is 130 g/mol. The van der Waals surface area contributed by atoms with Crippen LogP contribution in [0.2, 0.25) is 0 Å². The van der Waals surface area contributed by atoms with Crippen LogP contribution in [0.1, 0.15) is 12.8 Å². The summed E-state index contributed by atoms with van der Waals surface area (Å²) in [4.78, 5) is 9.71. The molecule has 2 N–H and O–H groups in total. The minimum absolute atomic E-state index is 0.249. The molecule has 0 bridgehead atoms. The van der Waals surface area contributed by atoms with E-state index in [2.05, 4.69) is 6.58 Å². The zero-order valence-corrected chi connectivity index (χ0v) is 5.08. The van der Waals surface area contributed by atoms with Crippen LogP contribution in [0.5, 0.6) is 0 Å². The molecule has 9 heavy (non-hydrogen) atoms. The summed E-state index contributed by atoms with van der Waals surface area (Å²) >= 11 is 0. The fraction of sp³-hybridized carbons (Fsp3) is 0.500. The van der Waals surface area contributed by atoms with Gasteiger partial charge in [-0.3, -0.25) is 0 Å². The molecule has 0 heterocycles. The van der Waals surface area contributed by atoms with Crippen molar-refractivity contribution in [2.45, 2.75) is 18.9 Å². The van der Waals surface area contributed by atoms with Crippen molar-refractivity contribution in [2.75, 3.05) is 0 Å². The lowest BCUT2D eigenvalue weighted by atomic mass is 10.2. The lowest BCUT2D eigenvalue weighted by molar-refractivity contribution is -0.108. The summed E-state index contributed by atoms with van der Waals surface area (Å²) in [5.74, 6) is -0.281. The van der Waals surface area contributed by atoms with E-state index in [9.17, 15) is 4.79 Å². The van der Waals surface area contributed by atoms with Crippen molar-refractivity contribution >= 4 is 6.29 Å². The standard InChI is InChI=1S/C6H10O3/c1-5(8)6(9)3-2-4-7/h4,6,8-9H,1-3H2. The molecule has 0 aromatic heterocycles. The van der Waals surface area contributed by atoms with E-state index in [0.29, 0.717) is 6.29 Å². The number of hydrogen-bond donors (Lipinski definition) is 2. The summed E-state index contributed by atoms with van der Waals surface area (Å²) in [6, 6.07) is 0. The van der Waals surface area contributed by atoms with Crippen molar-refractivity contribution in [3.05, 3.63) is 12.3 Å². The maximum Gasteiger partial charge on any atom is 0.120 e. The van der Waals surface area contributed by atoms with Crippen LogP contribution in [-0.4, -0.2) is 22.6 Å². The second kappa shape index (κ2) is 4.09. The third-order valence-corrected chi connectivity index (χ3v) is 0.943. The van der Waals surface area contributed by atoms with Crippen LogP contribution in [-0.2, 0) is 4.79 Å². The SMILES string of the molecule is C=C(O)C(O)CCC=O. The van der Waals surface area contributed by atoms with Gasteiger partial charge in [0.05, 0.1) is 0 Å². The highest BCUT2D eigenvalue weighted by Gasteiger charge is 2.04. The highest BCUT2D eigenvalue weighted by Crippen LogP contribution is 2.00. The molecular weight excluding hydrogens is 120 g/mol. The van der Waals surface area contributed by atoms with Gasteiger partial charge in [-0.1, -0.05) is 6.58 Å². The molecule has 52 valence electrons. The maximum atomic E-state index is 9.71. The van der Waals surface area contributed by atoms with Gasteiger partial charge < -0.3 is 15.0 Å². The Morgan fingerprint density at radius 1 is 1.78 bits per heavy atom. The first kappa shape index (κ1) is 8.17. The molecular formula is C6H10O3. The predicted molar refractivity (Wildman–Crippen MR) is 33.1 cm³/mol. The molecule has 0 aromatic rings. The Labute approximate surface area is 53.6 Å². The van der Waals surface area contributed by atoms with E-state index in [1.165, 1.54) is 0 Å². The second-order valence-corrected chi connectivity index (χ2v) is 1.75. The summed E-state index contributed by atoms with van der Waals surface area (Å²) in [5, 5.41) is 17.2. The third-order valence-electron chi connectivity index (χ3n) is 0.943. The quantitative estimate of drug-likeness (QED) is 0.427. The fourth-order valence-corrected chi connectivity index (χ4v) is 0.393. The fourth-order valence-electron chi connectivity index (χ4n) is 0.393. The molecule has 0 rings (SSSR count). The molecule has 0 radical (unpaired) electrons. The van der Waals surface area contributed by atoms with E-state index in [1.807, 2.05) is 0 Å². The number of rotatable bonds is 4. The molecule has 0 aromatic carbocycles. The van der Waals surface area contributed by atoms with E-state index in [-0.39, 0.29) is 18.6 Å². The minimum atomic E-state index is -0.949. The van der Waals surface area contributed by atoms with E-state index in [4.69, 9.17) is 10.2 Å². The van der Waals surface area contributed by atoms with E-state index in [0.717, 1.165) is 0 Å². The van der Waals surface area contributed by atoms with Gasteiger partial charge in [0.15, 0.2) is 0 Å². The van der Waals surface area contributed by atoms with Crippen LogP contribution in [0.15, 0.2) is 12.3 Å². The van der Waals surface area contributed by atoms with Gasteiger partial charge in [0.25, 0.3) is 0 Å². The smallest absolute Gasteiger partial charge is 0.120 e. The molecule has 3 heteroatoms. The van der Waals surface area contributed by atoms with Crippen LogP contribution >= 0.6 is 0 Å². The third kappa shape index (κ3) is 3.73. The van der Waals surface area contributed by atoms with Crippen LogP contribution in [0.3, 0.4) is 0 Å². The summed E-state index contributed by atoms with van der Waals surface area (Å²) in [7, 11) is 0. The Kier molecular flexibility index (Phi) is 3.71. The van der Waals surface area contributed by atoms with Crippen LogP contribution in [0.4, 0.5) is 0 Å². The first-order valence-corrected chi connectivity index (χ1v) is 2.68. The first-order valence-electron chi connectivity index (χ1n) is 2.68. The van der Waals surface area contributed by atoms with Crippen molar-refractivity contribution in [2.24, 2.45) is 0 Å². The Bertz CT molecular complexity index is 109. The Hall–Kier alpha value is -0.830. The molecule has 0 amide bonds. The number of aliphatic hydroxyl groups excluding tert-OH is 2. The molecule has 0 saturated heterocycles. The molecule has 0 aliphatic carbocycles. The summed E-state index contributed by atoms with van der Waals surface area (Å²) in [6.07, 6.45) is 0.237. The average Bonchev–Trinajstić information content (AvgIpc) is 1.82. The van der Waals surface area contributed by atoms with Gasteiger partial charge in [-0.05, 0) is 6.42 Å². The van der Waals surface area contributed by atoms with Crippen molar-refractivity contribution in [3.63, 3.8) is 0 Å². The molecule has 0 aliphatic rings. The predicted octanol–water partition coefficient (Wildman–Crippen LogP) is 0.398. The normalized spacial score (nSPS) is 12.6. The van der Waals surface area contributed by atoms with E-state index in [1.54, 1.807) is 0 Å². The molecule has 0 saturated carbocycles. The summed E-state index contributed by atoms with van der Waals surface area (Å²) in [6.45, 7) is 3.10. The maximum absolute atomic E-state index is 9.71. The highest BCUT2D eigenvalue weighted by atomic mass is 16.3. The number of aldehydes is 1. The lowest BCUT2D eigenvalue weighted by Crippen LogP contribution is -2.08. The number of carbonyl (C=O) groups is 1. The van der Waals surface area contributed by atoms with Crippen molar-refractivity contribution in [1.29, 1.82) is 0 Å². The van der Waals surface area contributed by atoms with E-state index >= 15 is 0 Å². The first-order chi connectivity index (χ1) is 4.18. The number of hydrogen-bond acceptors (Lipinski definition) is 3. The summed E-state index contributed by atoms with van der Waals surface area (Å²) < 4.78 is 0. The summed E-state index contributed by atoms with van der Waals surface area (Å²) in [5.41, 5.74) is 0. The highest BCUT2D eigenvalue weighted by molar-refractivity contribution is 5.49. The van der Waals surface area contributed by atoms with Gasteiger partial charge in [-0.2, -0.15) is 0 Å². The molecule has 1 unspecified atom stereocenters. The average molecular weight is 130 g/mol. The van der Waals surface area contributed by atoms with Crippen molar-refractivity contribution in [1.82, 2.24) is 0 Å². The van der Waals surface area contributed by atoms with E-state index < -0.39 is 6.10 Å². The van der Waals surface area contributed by atoms with Crippen LogP contribution in [0, 0.1) is 0 Å². The van der Waals surface area contributed by atoms with Gasteiger partial charge >= 0.3 is 0 Å². The van der Waals surface area contributed by atoms with Gasteiger partial charge in [0.2, 0.25) is 0 Å².